The number of fused-ring (bicyclic) bond motifs is 1. The first kappa shape index (κ1) is 13.8. The van der Waals surface area contributed by atoms with E-state index in [1.54, 1.807) is 0 Å². The Bertz CT molecular complexity index is 649. The van der Waals surface area contributed by atoms with Gasteiger partial charge in [0, 0.05) is 10.0 Å². The summed E-state index contributed by atoms with van der Waals surface area (Å²) in [5, 5.41) is 12.2. The number of esters is 1. The molecule has 3 nitrogen and oxygen atoms in total. The van der Waals surface area contributed by atoms with Gasteiger partial charge in [-0.25, -0.2) is 4.79 Å². The van der Waals surface area contributed by atoms with Crippen molar-refractivity contribution in [3.63, 3.8) is 0 Å². The molecule has 0 bridgehead atoms. The number of carbonyl (C=O) groups is 1. The Hall–Kier alpha value is -1.65. The van der Waals surface area contributed by atoms with E-state index in [2.05, 4.69) is 27.2 Å². The molecule has 1 atom stereocenters. The standard InChI is InChI=1S/C15H13BrO3/c1-9(15(18)19-2)14(17)12-7-10-5-3-4-6-11(10)8-13(12)16/h3-8,14,17H,1H2,2H3. The van der Waals surface area contributed by atoms with Gasteiger partial charge in [-0.05, 0) is 22.9 Å². The van der Waals surface area contributed by atoms with E-state index >= 15 is 0 Å². The first-order valence-electron chi connectivity index (χ1n) is 5.68. The molecule has 0 radical (unpaired) electrons. The molecule has 19 heavy (non-hydrogen) atoms. The molecule has 98 valence electrons. The van der Waals surface area contributed by atoms with E-state index in [1.807, 2.05) is 36.4 Å². The van der Waals surface area contributed by atoms with Crippen LogP contribution in [-0.2, 0) is 9.53 Å². The maximum atomic E-state index is 11.4. The molecular formula is C15H13BrO3. The monoisotopic (exact) mass is 320 g/mol. The summed E-state index contributed by atoms with van der Waals surface area (Å²) in [6.07, 6.45) is -1.09. The molecule has 2 rings (SSSR count). The summed E-state index contributed by atoms with van der Waals surface area (Å²) in [7, 11) is 1.26. The zero-order valence-electron chi connectivity index (χ0n) is 10.4. The number of ether oxygens (including phenoxy) is 1. The number of hydrogen-bond acceptors (Lipinski definition) is 3. The van der Waals surface area contributed by atoms with Crippen molar-refractivity contribution < 1.29 is 14.6 Å². The third-order valence-electron chi connectivity index (χ3n) is 2.94. The summed E-state index contributed by atoms with van der Waals surface area (Å²) in [4.78, 5) is 11.4. The van der Waals surface area contributed by atoms with Crippen LogP contribution in [0.2, 0.25) is 0 Å². The lowest BCUT2D eigenvalue weighted by Crippen LogP contribution is -2.12. The molecule has 4 heteroatoms. The second-order valence-electron chi connectivity index (χ2n) is 4.14. The number of benzene rings is 2. The summed E-state index contributed by atoms with van der Waals surface area (Å²) >= 11 is 3.40. The van der Waals surface area contributed by atoms with Crippen molar-refractivity contribution in [2.75, 3.05) is 7.11 Å². The number of aliphatic hydroxyl groups is 1. The van der Waals surface area contributed by atoms with Crippen molar-refractivity contribution in [2.45, 2.75) is 6.10 Å². The molecule has 0 saturated heterocycles. The van der Waals surface area contributed by atoms with Gasteiger partial charge in [-0.1, -0.05) is 46.8 Å². The molecule has 0 spiro atoms. The smallest absolute Gasteiger partial charge is 0.336 e. The van der Waals surface area contributed by atoms with Crippen molar-refractivity contribution in [3.8, 4) is 0 Å². The van der Waals surface area contributed by atoms with E-state index in [9.17, 15) is 9.90 Å². The van der Waals surface area contributed by atoms with E-state index in [0.717, 1.165) is 15.2 Å². The summed E-state index contributed by atoms with van der Waals surface area (Å²) in [6.45, 7) is 3.58. The largest absolute Gasteiger partial charge is 0.466 e. The lowest BCUT2D eigenvalue weighted by atomic mass is 9.99. The number of aliphatic hydroxyl groups excluding tert-OH is 1. The fourth-order valence-electron chi connectivity index (χ4n) is 1.87. The van der Waals surface area contributed by atoms with Crippen LogP contribution in [-0.4, -0.2) is 18.2 Å². The Balaban J connectivity index is 2.47. The van der Waals surface area contributed by atoms with Crippen LogP contribution in [0, 0.1) is 0 Å². The van der Waals surface area contributed by atoms with Gasteiger partial charge in [0.25, 0.3) is 0 Å². The van der Waals surface area contributed by atoms with E-state index in [0.29, 0.717) is 5.56 Å². The first-order chi connectivity index (χ1) is 9.04. The average molecular weight is 321 g/mol. The van der Waals surface area contributed by atoms with Crippen molar-refractivity contribution in [2.24, 2.45) is 0 Å². The van der Waals surface area contributed by atoms with Gasteiger partial charge in [0.1, 0.15) is 6.10 Å². The van der Waals surface area contributed by atoms with Crippen LogP contribution in [0.5, 0.6) is 0 Å². The molecule has 0 aliphatic rings. The van der Waals surface area contributed by atoms with Crippen molar-refractivity contribution in [1.29, 1.82) is 0 Å². The third kappa shape index (κ3) is 2.69. The van der Waals surface area contributed by atoms with Gasteiger partial charge in [-0.15, -0.1) is 0 Å². The molecule has 2 aromatic carbocycles. The summed E-state index contributed by atoms with van der Waals surface area (Å²) in [5.74, 6) is -0.618. The van der Waals surface area contributed by atoms with Gasteiger partial charge >= 0.3 is 5.97 Å². The normalized spacial score (nSPS) is 12.2. The average Bonchev–Trinajstić information content (AvgIpc) is 2.44. The third-order valence-corrected chi connectivity index (χ3v) is 3.62. The predicted molar refractivity (Wildman–Crippen MR) is 77.8 cm³/mol. The van der Waals surface area contributed by atoms with E-state index in [-0.39, 0.29) is 5.57 Å². The van der Waals surface area contributed by atoms with Crippen molar-refractivity contribution in [1.82, 2.24) is 0 Å². The van der Waals surface area contributed by atoms with Gasteiger partial charge in [0.15, 0.2) is 0 Å². The highest BCUT2D eigenvalue weighted by atomic mass is 79.9. The second-order valence-corrected chi connectivity index (χ2v) is 4.99. The highest BCUT2D eigenvalue weighted by Crippen LogP contribution is 2.32. The second kappa shape index (κ2) is 5.55. The van der Waals surface area contributed by atoms with E-state index in [4.69, 9.17) is 0 Å². The van der Waals surface area contributed by atoms with E-state index < -0.39 is 12.1 Å². The highest BCUT2D eigenvalue weighted by molar-refractivity contribution is 9.10. The Morgan fingerprint density at radius 1 is 1.32 bits per heavy atom. The zero-order chi connectivity index (χ0) is 14.0. The molecule has 0 fully saturated rings. The Morgan fingerprint density at radius 2 is 1.89 bits per heavy atom. The first-order valence-corrected chi connectivity index (χ1v) is 6.47. The minimum atomic E-state index is -1.09. The molecule has 0 amide bonds. The van der Waals surface area contributed by atoms with E-state index in [1.165, 1.54) is 7.11 Å². The molecular weight excluding hydrogens is 308 g/mol. The summed E-state index contributed by atoms with van der Waals surface area (Å²) in [6, 6.07) is 11.5. The summed E-state index contributed by atoms with van der Waals surface area (Å²) < 4.78 is 5.29. The minimum Gasteiger partial charge on any atom is -0.466 e. The Labute approximate surface area is 119 Å². The van der Waals surface area contributed by atoms with Gasteiger partial charge in [-0.3, -0.25) is 0 Å². The number of rotatable bonds is 3. The molecule has 0 heterocycles. The van der Waals surface area contributed by atoms with Gasteiger partial charge in [0.2, 0.25) is 0 Å². The van der Waals surface area contributed by atoms with Crippen LogP contribution in [0.25, 0.3) is 10.8 Å². The predicted octanol–water partition coefficient (Wildman–Crippen LogP) is 3.36. The Morgan fingerprint density at radius 3 is 2.47 bits per heavy atom. The van der Waals surface area contributed by atoms with Crippen LogP contribution < -0.4 is 0 Å². The van der Waals surface area contributed by atoms with Crippen molar-refractivity contribution in [3.05, 3.63) is 58.6 Å². The maximum Gasteiger partial charge on any atom is 0.336 e. The SMILES string of the molecule is C=C(C(=O)OC)C(O)c1cc2ccccc2cc1Br. The molecule has 1 unspecified atom stereocenters. The topological polar surface area (TPSA) is 46.5 Å². The summed E-state index contributed by atoms with van der Waals surface area (Å²) in [5.41, 5.74) is 0.604. The number of methoxy groups -OCH3 is 1. The van der Waals surface area contributed by atoms with Crippen LogP contribution in [0.1, 0.15) is 11.7 Å². The van der Waals surface area contributed by atoms with Crippen LogP contribution in [0.15, 0.2) is 53.0 Å². The molecule has 1 N–H and O–H groups in total. The van der Waals surface area contributed by atoms with Crippen LogP contribution in [0.4, 0.5) is 0 Å². The highest BCUT2D eigenvalue weighted by Gasteiger charge is 2.21. The quantitative estimate of drug-likeness (QED) is 0.696. The molecule has 0 aliphatic carbocycles. The van der Waals surface area contributed by atoms with Gasteiger partial charge in [-0.2, -0.15) is 0 Å². The van der Waals surface area contributed by atoms with Gasteiger partial charge < -0.3 is 9.84 Å². The fraction of sp³-hybridized carbons (Fsp3) is 0.133. The minimum absolute atomic E-state index is 0.0125. The zero-order valence-corrected chi connectivity index (χ0v) is 12.0. The molecule has 0 aromatic heterocycles. The lowest BCUT2D eigenvalue weighted by molar-refractivity contribution is -0.137. The van der Waals surface area contributed by atoms with Crippen LogP contribution in [0.3, 0.4) is 0 Å². The molecule has 0 saturated carbocycles. The van der Waals surface area contributed by atoms with Crippen LogP contribution >= 0.6 is 15.9 Å². The maximum absolute atomic E-state index is 11.4. The fourth-order valence-corrected chi connectivity index (χ4v) is 2.45. The Kier molecular flexibility index (Phi) is 4.02. The number of halogens is 1. The number of hydrogen-bond donors (Lipinski definition) is 1. The van der Waals surface area contributed by atoms with Crippen molar-refractivity contribution >= 4 is 32.7 Å². The lowest BCUT2D eigenvalue weighted by Gasteiger charge is -2.15. The number of carbonyl (C=O) groups excluding carboxylic acids is 1. The molecule has 0 aliphatic heterocycles. The van der Waals surface area contributed by atoms with Gasteiger partial charge in [0.05, 0.1) is 12.7 Å². The molecule has 2 aromatic rings.